The summed E-state index contributed by atoms with van der Waals surface area (Å²) in [5.41, 5.74) is 1.05. The first-order chi connectivity index (χ1) is 13.4. The molecule has 0 atom stereocenters. The van der Waals surface area contributed by atoms with Gasteiger partial charge in [-0.15, -0.1) is 0 Å². The molecule has 0 unspecified atom stereocenters. The van der Waals surface area contributed by atoms with Crippen LogP contribution in [0, 0.1) is 11.3 Å². The predicted molar refractivity (Wildman–Crippen MR) is 101 cm³/mol. The van der Waals surface area contributed by atoms with Gasteiger partial charge in [-0.05, 0) is 48.2 Å². The Hall–Kier alpha value is -2.73. The summed E-state index contributed by atoms with van der Waals surface area (Å²) in [6, 6.07) is 15.5. The Morgan fingerprint density at radius 3 is 2.11 bits per heavy atom. The zero-order chi connectivity index (χ0) is 20.2. The van der Waals surface area contributed by atoms with Gasteiger partial charge >= 0.3 is 0 Å². The van der Waals surface area contributed by atoms with Crippen molar-refractivity contribution in [2.24, 2.45) is 0 Å². The minimum atomic E-state index is -3.74. The van der Waals surface area contributed by atoms with Crippen LogP contribution in [0.3, 0.4) is 0 Å². The number of nitriles is 1. The molecule has 1 saturated heterocycles. The Bertz CT molecular complexity index is 973. The van der Waals surface area contributed by atoms with E-state index in [2.05, 4.69) is 6.07 Å². The smallest absolute Gasteiger partial charge is 0.233 e. The molecule has 1 aliphatic rings. The number of hydroxylamine groups is 2. The van der Waals surface area contributed by atoms with Gasteiger partial charge in [0.15, 0.2) is 9.84 Å². The van der Waals surface area contributed by atoms with E-state index in [0.29, 0.717) is 10.6 Å². The van der Waals surface area contributed by atoms with Crippen molar-refractivity contribution in [3.05, 3.63) is 54.1 Å². The fourth-order valence-corrected chi connectivity index (χ4v) is 5.18. The number of rotatable bonds is 6. The second-order valence-electron chi connectivity index (χ2n) is 6.76. The molecule has 2 aromatic rings. The lowest BCUT2D eigenvalue weighted by atomic mass is 9.92. The second-order valence-corrected chi connectivity index (χ2v) is 8.75. The Balaban J connectivity index is 1.85. The number of benzene rings is 2. The summed E-state index contributed by atoms with van der Waals surface area (Å²) >= 11 is 0. The average Bonchev–Trinajstić information content (AvgIpc) is 2.73. The highest BCUT2D eigenvalue weighted by Gasteiger charge is 2.42. The molecule has 2 aromatic carbocycles. The van der Waals surface area contributed by atoms with Crippen molar-refractivity contribution in [1.82, 2.24) is 5.06 Å². The van der Waals surface area contributed by atoms with Crippen LogP contribution in [0.2, 0.25) is 0 Å². The maximum Gasteiger partial charge on any atom is 0.233 e. The number of carbonyl (C=O) groups excluding carboxylic acids is 1. The molecule has 7 nitrogen and oxygen atoms in total. The lowest BCUT2D eigenvalue weighted by Crippen LogP contribution is -2.54. The molecule has 0 aliphatic carbocycles. The van der Waals surface area contributed by atoms with Gasteiger partial charge in [-0.3, -0.25) is 10.0 Å². The summed E-state index contributed by atoms with van der Waals surface area (Å²) in [5, 5.41) is 19.3. The minimum Gasteiger partial charge on any atom is -0.381 e. The topological polar surface area (TPSA) is 108 Å². The zero-order valence-corrected chi connectivity index (χ0v) is 15.9. The van der Waals surface area contributed by atoms with Gasteiger partial charge in [-0.2, -0.15) is 5.26 Å². The SMILES string of the molecule is N#Cc1ccc(-c2ccc(S(=O)(=O)CC3(N(O)C=O)CCOCC3)cc2)cc1. The molecule has 1 heterocycles. The number of hydrogen-bond donors (Lipinski definition) is 1. The minimum absolute atomic E-state index is 0.120. The van der Waals surface area contributed by atoms with Gasteiger partial charge in [0.2, 0.25) is 6.41 Å². The van der Waals surface area contributed by atoms with E-state index in [1.807, 2.05) is 0 Å². The van der Waals surface area contributed by atoms with E-state index in [9.17, 15) is 18.4 Å². The third-order valence-electron chi connectivity index (χ3n) is 5.03. The fourth-order valence-electron chi connectivity index (χ4n) is 3.33. The molecule has 0 spiro atoms. The maximum atomic E-state index is 12.9. The number of sulfone groups is 1. The molecule has 146 valence electrons. The largest absolute Gasteiger partial charge is 0.381 e. The van der Waals surface area contributed by atoms with E-state index in [4.69, 9.17) is 10.00 Å². The van der Waals surface area contributed by atoms with Crippen molar-refractivity contribution in [3.63, 3.8) is 0 Å². The predicted octanol–water partition coefficient (Wildman–Crippen LogP) is 2.40. The number of hydrogen-bond acceptors (Lipinski definition) is 6. The molecular weight excluding hydrogens is 380 g/mol. The summed E-state index contributed by atoms with van der Waals surface area (Å²) < 4.78 is 31.1. The van der Waals surface area contributed by atoms with Crippen LogP contribution in [-0.4, -0.2) is 49.6 Å². The van der Waals surface area contributed by atoms with Crippen molar-refractivity contribution in [2.45, 2.75) is 23.3 Å². The molecule has 3 rings (SSSR count). The summed E-state index contributed by atoms with van der Waals surface area (Å²) in [6.45, 7) is 0.552. The van der Waals surface area contributed by atoms with Gasteiger partial charge in [0, 0.05) is 13.2 Å². The van der Waals surface area contributed by atoms with Crippen LogP contribution in [-0.2, 0) is 19.4 Å². The lowest BCUT2D eigenvalue weighted by Gasteiger charge is -2.40. The Kier molecular flexibility index (Phi) is 5.79. The first kappa shape index (κ1) is 20.0. The normalized spacial score (nSPS) is 16.1. The van der Waals surface area contributed by atoms with Gasteiger partial charge < -0.3 is 4.74 Å². The third kappa shape index (κ3) is 4.07. The molecular formula is C20H20N2O5S. The van der Waals surface area contributed by atoms with E-state index >= 15 is 0 Å². The Morgan fingerprint density at radius 1 is 1.07 bits per heavy atom. The summed E-state index contributed by atoms with van der Waals surface area (Å²) in [4.78, 5) is 11.2. The van der Waals surface area contributed by atoms with E-state index in [0.717, 1.165) is 11.1 Å². The highest BCUT2D eigenvalue weighted by Crippen LogP contribution is 2.31. The van der Waals surface area contributed by atoms with Crippen molar-refractivity contribution in [2.75, 3.05) is 19.0 Å². The Morgan fingerprint density at radius 2 is 1.61 bits per heavy atom. The van der Waals surface area contributed by atoms with Crippen LogP contribution < -0.4 is 0 Å². The first-order valence-corrected chi connectivity index (χ1v) is 10.4. The molecule has 8 heteroatoms. The summed E-state index contributed by atoms with van der Waals surface area (Å²) in [6.07, 6.45) is 0.727. The highest BCUT2D eigenvalue weighted by molar-refractivity contribution is 7.91. The number of carbonyl (C=O) groups is 1. The van der Waals surface area contributed by atoms with E-state index < -0.39 is 15.4 Å². The fraction of sp³-hybridized carbons (Fsp3) is 0.300. The highest BCUT2D eigenvalue weighted by atomic mass is 32.2. The Labute approximate surface area is 163 Å². The molecule has 0 saturated carbocycles. The standard InChI is InChI=1S/C20H20N2O5S/c21-13-16-1-3-17(4-2-16)18-5-7-19(8-6-18)28(25,26)14-20(22(24)15-23)9-11-27-12-10-20/h1-8,15,24H,9-12,14H2. The molecule has 0 radical (unpaired) electrons. The van der Waals surface area contributed by atoms with Crippen molar-refractivity contribution in [3.8, 4) is 17.2 Å². The van der Waals surface area contributed by atoms with E-state index in [1.54, 1.807) is 36.4 Å². The molecule has 1 N–H and O–H groups in total. The van der Waals surface area contributed by atoms with Crippen molar-refractivity contribution < 1.29 is 23.2 Å². The van der Waals surface area contributed by atoms with Crippen LogP contribution in [0.1, 0.15) is 18.4 Å². The van der Waals surface area contributed by atoms with E-state index in [1.165, 1.54) is 12.1 Å². The van der Waals surface area contributed by atoms with Gasteiger partial charge in [0.05, 0.1) is 27.8 Å². The number of nitrogens with zero attached hydrogens (tertiary/aromatic N) is 2. The van der Waals surface area contributed by atoms with Gasteiger partial charge in [-0.1, -0.05) is 24.3 Å². The van der Waals surface area contributed by atoms with Gasteiger partial charge in [0.1, 0.15) is 0 Å². The maximum absolute atomic E-state index is 12.9. The van der Waals surface area contributed by atoms with E-state index in [-0.39, 0.29) is 43.1 Å². The van der Waals surface area contributed by atoms with Crippen molar-refractivity contribution >= 4 is 16.2 Å². The molecule has 0 aromatic heterocycles. The zero-order valence-electron chi connectivity index (χ0n) is 15.1. The lowest BCUT2D eigenvalue weighted by molar-refractivity contribution is -0.188. The molecule has 1 fully saturated rings. The number of ether oxygens (including phenoxy) is 1. The van der Waals surface area contributed by atoms with Crippen molar-refractivity contribution in [1.29, 1.82) is 5.26 Å². The summed E-state index contributed by atoms with van der Waals surface area (Å²) in [5.74, 6) is -0.380. The molecule has 0 bridgehead atoms. The third-order valence-corrected chi connectivity index (χ3v) is 6.94. The monoisotopic (exact) mass is 400 g/mol. The van der Waals surface area contributed by atoms with Crippen LogP contribution in [0.5, 0.6) is 0 Å². The van der Waals surface area contributed by atoms with Gasteiger partial charge in [0.25, 0.3) is 0 Å². The first-order valence-electron chi connectivity index (χ1n) is 8.75. The van der Waals surface area contributed by atoms with Crippen LogP contribution in [0.15, 0.2) is 53.4 Å². The number of amides is 1. The molecule has 1 amide bonds. The van der Waals surface area contributed by atoms with Crippen LogP contribution in [0.4, 0.5) is 0 Å². The molecule has 1 aliphatic heterocycles. The van der Waals surface area contributed by atoms with Gasteiger partial charge in [-0.25, -0.2) is 13.5 Å². The quantitative estimate of drug-likeness (QED) is 0.453. The molecule has 28 heavy (non-hydrogen) atoms. The van der Waals surface area contributed by atoms with Crippen LogP contribution in [0.25, 0.3) is 11.1 Å². The summed E-state index contributed by atoms with van der Waals surface area (Å²) in [7, 11) is -3.74. The van der Waals surface area contributed by atoms with Crippen LogP contribution >= 0.6 is 0 Å². The second kappa shape index (κ2) is 8.10. The average molecular weight is 400 g/mol.